The van der Waals surface area contributed by atoms with Crippen molar-refractivity contribution in [3.8, 4) is 0 Å². The maximum atomic E-state index is 3.84. The van der Waals surface area contributed by atoms with E-state index in [-0.39, 0.29) is 0 Å². The number of hydrogen-bond donors (Lipinski definition) is 1. The number of nitrogens with zero attached hydrogens (tertiary/aromatic N) is 1. The summed E-state index contributed by atoms with van der Waals surface area (Å²) in [6, 6.07) is 1.61. The van der Waals surface area contributed by atoms with Crippen molar-refractivity contribution in [2.45, 2.75) is 72.4 Å². The van der Waals surface area contributed by atoms with Gasteiger partial charge in [-0.2, -0.15) is 0 Å². The average molecular weight is 266 g/mol. The average Bonchev–Trinajstić information content (AvgIpc) is 2.22. The topological polar surface area (TPSA) is 15.3 Å². The molecular formula is C17H34N2. The zero-order chi connectivity index (χ0) is 14.0. The molecule has 0 bridgehead atoms. The summed E-state index contributed by atoms with van der Waals surface area (Å²) in [5, 5.41) is 3.84. The lowest BCUT2D eigenvalue weighted by Crippen LogP contribution is -2.55. The van der Waals surface area contributed by atoms with Crippen LogP contribution in [0.1, 0.15) is 60.3 Å². The van der Waals surface area contributed by atoms with E-state index in [1.165, 1.54) is 38.8 Å². The van der Waals surface area contributed by atoms with Crippen molar-refractivity contribution in [2.24, 2.45) is 17.3 Å². The van der Waals surface area contributed by atoms with Gasteiger partial charge in [-0.1, -0.05) is 41.0 Å². The molecule has 0 radical (unpaired) electrons. The van der Waals surface area contributed by atoms with Crippen LogP contribution in [0.15, 0.2) is 0 Å². The van der Waals surface area contributed by atoms with Gasteiger partial charge in [0.15, 0.2) is 0 Å². The minimum atomic E-state index is 0.395. The molecule has 2 fully saturated rings. The summed E-state index contributed by atoms with van der Waals surface area (Å²) < 4.78 is 0. The molecule has 0 spiro atoms. The van der Waals surface area contributed by atoms with Gasteiger partial charge in [0.05, 0.1) is 0 Å². The Bertz CT molecular complexity index is 275. The molecule has 0 aromatic heterocycles. The summed E-state index contributed by atoms with van der Waals surface area (Å²) in [4.78, 5) is 2.79. The molecule has 1 heterocycles. The lowest BCUT2D eigenvalue weighted by molar-refractivity contribution is 0.0433. The molecule has 2 heteroatoms. The van der Waals surface area contributed by atoms with Gasteiger partial charge in [0.1, 0.15) is 0 Å². The Kier molecular flexibility index (Phi) is 4.94. The minimum absolute atomic E-state index is 0.395. The Balaban J connectivity index is 1.90. The first kappa shape index (κ1) is 15.3. The predicted octanol–water partition coefficient (Wildman–Crippen LogP) is 3.52. The second-order valence-corrected chi connectivity index (χ2v) is 8.42. The maximum Gasteiger partial charge on any atom is 0.0198 e. The number of likely N-dealkylation sites (tertiary alicyclic amines) is 1. The third kappa shape index (κ3) is 4.46. The summed E-state index contributed by atoms with van der Waals surface area (Å²) in [6.45, 7) is 15.5. The summed E-state index contributed by atoms with van der Waals surface area (Å²) in [5.41, 5.74) is 0.395. The van der Waals surface area contributed by atoms with Crippen LogP contribution in [0.5, 0.6) is 0 Å². The van der Waals surface area contributed by atoms with Crippen molar-refractivity contribution in [2.75, 3.05) is 19.6 Å². The summed E-state index contributed by atoms with van der Waals surface area (Å²) in [6.07, 6.45) is 5.71. The number of rotatable bonds is 4. The molecular weight excluding hydrogens is 232 g/mol. The molecule has 0 aromatic carbocycles. The van der Waals surface area contributed by atoms with Gasteiger partial charge >= 0.3 is 0 Å². The maximum absolute atomic E-state index is 3.84. The number of nitrogens with one attached hydrogen (secondary N) is 1. The van der Waals surface area contributed by atoms with Crippen molar-refractivity contribution in [3.63, 3.8) is 0 Å². The van der Waals surface area contributed by atoms with Crippen LogP contribution in [0.4, 0.5) is 0 Å². The van der Waals surface area contributed by atoms with E-state index in [2.05, 4.69) is 44.8 Å². The first-order valence-electron chi connectivity index (χ1n) is 8.32. The van der Waals surface area contributed by atoms with Crippen LogP contribution in [0.2, 0.25) is 0 Å². The lowest BCUT2D eigenvalue weighted by Gasteiger charge is -2.47. The van der Waals surface area contributed by atoms with E-state index in [1.54, 1.807) is 0 Å². The molecule has 0 amide bonds. The third-order valence-electron chi connectivity index (χ3n) is 4.97. The zero-order valence-corrected chi connectivity index (χ0v) is 13.7. The van der Waals surface area contributed by atoms with E-state index < -0.39 is 0 Å². The molecule has 1 aliphatic heterocycles. The molecule has 2 unspecified atom stereocenters. The normalized spacial score (nSPS) is 30.6. The Morgan fingerprint density at radius 3 is 2.32 bits per heavy atom. The highest BCUT2D eigenvalue weighted by atomic mass is 15.2. The fourth-order valence-electron chi connectivity index (χ4n) is 3.30. The Morgan fingerprint density at radius 2 is 1.84 bits per heavy atom. The van der Waals surface area contributed by atoms with Crippen LogP contribution in [0.25, 0.3) is 0 Å². The second kappa shape index (κ2) is 6.13. The van der Waals surface area contributed by atoms with Gasteiger partial charge in [-0.05, 0) is 36.5 Å². The molecule has 0 aromatic rings. The molecule has 1 saturated heterocycles. The molecule has 19 heavy (non-hydrogen) atoms. The third-order valence-corrected chi connectivity index (χ3v) is 4.97. The summed E-state index contributed by atoms with van der Waals surface area (Å²) >= 11 is 0. The smallest absolute Gasteiger partial charge is 0.0198 e. The van der Waals surface area contributed by atoms with Crippen LogP contribution < -0.4 is 5.32 Å². The number of piperidine rings is 1. The first-order valence-corrected chi connectivity index (χ1v) is 8.32. The van der Waals surface area contributed by atoms with Gasteiger partial charge in [0, 0.05) is 31.7 Å². The second-order valence-electron chi connectivity index (χ2n) is 8.42. The molecule has 1 N–H and O–H groups in total. The van der Waals surface area contributed by atoms with Gasteiger partial charge in [-0.3, -0.25) is 4.90 Å². The van der Waals surface area contributed by atoms with Crippen LogP contribution in [0, 0.1) is 17.3 Å². The molecule has 1 aliphatic carbocycles. The zero-order valence-electron chi connectivity index (χ0n) is 13.7. The van der Waals surface area contributed by atoms with E-state index in [4.69, 9.17) is 0 Å². The van der Waals surface area contributed by atoms with E-state index in [1.807, 2.05) is 0 Å². The molecule has 1 saturated carbocycles. The van der Waals surface area contributed by atoms with Crippen LogP contribution in [0.3, 0.4) is 0 Å². The standard InChI is InChI=1S/C17H34N2/c1-13(2)14-9-15(18-12-17(3,4)5)11-19(10-14)16-7-6-8-16/h13-16,18H,6-12H2,1-5H3. The lowest BCUT2D eigenvalue weighted by atomic mass is 9.82. The van der Waals surface area contributed by atoms with Crippen molar-refractivity contribution in [1.29, 1.82) is 0 Å². The van der Waals surface area contributed by atoms with Crippen LogP contribution >= 0.6 is 0 Å². The van der Waals surface area contributed by atoms with Gasteiger partial charge in [0.25, 0.3) is 0 Å². The quantitative estimate of drug-likeness (QED) is 0.837. The highest BCUT2D eigenvalue weighted by molar-refractivity contribution is 4.91. The molecule has 2 aliphatic rings. The van der Waals surface area contributed by atoms with E-state index in [0.29, 0.717) is 11.5 Å². The highest BCUT2D eigenvalue weighted by Gasteiger charge is 2.34. The van der Waals surface area contributed by atoms with Gasteiger partial charge < -0.3 is 5.32 Å². The van der Waals surface area contributed by atoms with Crippen molar-refractivity contribution in [3.05, 3.63) is 0 Å². The fraction of sp³-hybridized carbons (Fsp3) is 1.00. The van der Waals surface area contributed by atoms with Crippen molar-refractivity contribution < 1.29 is 0 Å². The molecule has 2 nitrogen and oxygen atoms in total. The summed E-state index contributed by atoms with van der Waals surface area (Å²) in [7, 11) is 0. The van der Waals surface area contributed by atoms with Crippen molar-refractivity contribution >= 4 is 0 Å². The van der Waals surface area contributed by atoms with E-state index in [0.717, 1.165) is 24.4 Å². The van der Waals surface area contributed by atoms with E-state index >= 15 is 0 Å². The Morgan fingerprint density at radius 1 is 1.16 bits per heavy atom. The Hall–Kier alpha value is -0.0800. The monoisotopic (exact) mass is 266 g/mol. The minimum Gasteiger partial charge on any atom is -0.312 e. The van der Waals surface area contributed by atoms with Crippen LogP contribution in [-0.4, -0.2) is 36.6 Å². The first-order chi connectivity index (χ1) is 8.85. The molecule has 112 valence electrons. The molecule has 2 rings (SSSR count). The fourth-order valence-corrected chi connectivity index (χ4v) is 3.30. The number of hydrogen-bond acceptors (Lipinski definition) is 2. The van der Waals surface area contributed by atoms with Gasteiger partial charge in [0.2, 0.25) is 0 Å². The highest BCUT2D eigenvalue weighted by Crippen LogP contribution is 2.31. The van der Waals surface area contributed by atoms with Crippen molar-refractivity contribution in [1.82, 2.24) is 10.2 Å². The van der Waals surface area contributed by atoms with E-state index in [9.17, 15) is 0 Å². The Labute approximate surface area is 120 Å². The molecule has 2 atom stereocenters. The van der Waals surface area contributed by atoms with Crippen LogP contribution in [-0.2, 0) is 0 Å². The van der Waals surface area contributed by atoms with Gasteiger partial charge in [-0.15, -0.1) is 0 Å². The SMILES string of the molecule is CC(C)C1CC(NCC(C)(C)C)CN(C2CCC2)C1. The summed E-state index contributed by atoms with van der Waals surface area (Å²) in [5.74, 6) is 1.70. The van der Waals surface area contributed by atoms with Gasteiger partial charge in [-0.25, -0.2) is 0 Å². The predicted molar refractivity (Wildman–Crippen MR) is 83.4 cm³/mol. The largest absolute Gasteiger partial charge is 0.312 e.